The van der Waals surface area contributed by atoms with Crippen molar-refractivity contribution in [2.24, 2.45) is 0 Å². The number of halogens is 1. The van der Waals surface area contributed by atoms with E-state index in [0.717, 1.165) is 6.42 Å². The van der Waals surface area contributed by atoms with Crippen LogP contribution in [0.15, 0.2) is 40.9 Å². The first kappa shape index (κ1) is 24.4. The molecule has 0 bridgehead atoms. The molecule has 0 aliphatic rings. The van der Waals surface area contributed by atoms with Crippen LogP contribution in [0.25, 0.3) is 11.4 Å². The highest BCUT2D eigenvalue weighted by Crippen LogP contribution is 2.40. The molecule has 0 aliphatic carbocycles. The summed E-state index contributed by atoms with van der Waals surface area (Å²) >= 11 is 6.25. The molecule has 2 aromatic carbocycles. The largest absolute Gasteiger partial charge is 0.493 e. The second-order valence-electron chi connectivity index (χ2n) is 7.41. The van der Waals surface area contributed by atoms with Crippen LogP contribution in [0.4, 0.5) is 0 Å². The Labute approximate surface area is 198 Å². The number of rotatable bonds is 10. The highest BCUT2D eigenvalue weighted by atomic mass is 35.5. The van der Waals surface area contributed by atoms with E-state index in [1.54, 1.807) is 62.6 Å². The lowest BCUT2D eigenvalue weighted by Crippen LogP contribution is -2.40. The quantitative estimate of drug-likeness (QED) is 0.414. The van der Waals surface area contributed by atoms with Crippen molar-refractivity contribution in [2.75, 3.05) is 27.9 Å². The zero-order valence-corrected chi connectivity index (χ0v) is 20.2. The number of ether oxygens (including phenoxy) is 3. The minimum atomic E-state index is -0.126. The average molecular weight is 474 g/mol. The third-order valence-corrected chi connectivity index (χ3v) is 5.78. The molecule has 0 aliphatic heterocycles. The lowest BCUT2D eigenvalue weighted by molar-refractivity contribution is 0.0686. The SMILES string of the molecule is CCC(C)N(CCc1nc(-c2cc(OC)c(OC)c(OC)c2)no1)C(=O)c1ccccc1Cl. The van der Waals surface area contributed by atoms with E-state index in [0.29, 0.717) is 58.1 Å². The number of hydrogen-bond donors (Lipinski definition) is 0. The fourth-order valence-corrected chi connectivity index (χ4v) is 3.65. The van der Waals surface area contributed by atoms with Gasteiger partial charge in [-0.3, -0.25) is 4.79 Å². The van der Waals surface area contributed by atoms with Crippen molar-refractivity contribution in [3.8, 4) is 28.6 Å². The molecule has 0 N–H and O–H groups in total. The summed E-state index contributed by atoms with van der Waals surface area (Å²) in [6, 6.07) is 10.6. The molecular weight excluding hydrogens is 446 g/mol. The smallest absolute Gasteiger partial charge is 0.255 e. The zero-order valence-electron chi connectivity index (χ0n) is 19.4. The number of benzene rings is 2. The fraction of sp³-hybridized carbons (Fsp3) is 0.375. The molecule has 1 amide bonds. The Kier molecular flexibility index (Phi) is 8.16. The summed E-state index contributed by atoms with van der Waals surface area (Å²) < 4.78 is 21.6. The van der Waals surface area contributed by atoms with Crippen LogP contribution in [-0.4, -0.2) is 54.9 Å². The number of hydrogen-bond acceptors (Lipinski definition) is 7. The Hall–Kier alpha value is -3.26. The van der Waals surface area contributed by atoms with Gasteiger partial charge >= 0.3 is 0 Å². The molecule has 3 aromatic rings. The molecule has 33 heavy (non-hydrogen) atoms. The van der Waals surface area contributed by atoms with Gasteiger partial charge in [0.1, 0.15) is 0 Å². The van der Waals surface area contributed by atoms with Crippen LogP contribution in [0.5, 0.6) is 17.2 Å². The summed E-state index contributed by atoms with van der Waals surface area (Å²) in [5.74, 6) is 2.14. The normalized spacial score (nSPS) is 11.7. The summed E-state index contributed by atoms with van der Waals surface area (Å²) in [7, 11) is 4.63. The molecule has 1 heterocycles. The number of carbonyl (C=O) groups is 1. The molecule has 0 saturated carbocycles. The van der Waals surface area contributed by atoms with Crippen molar-refractivity contribution in [1.29, 1.82) is 0 Å². The van der Waals surface area contributed by atoms with Crippen LogP contribution in [0, 0.1) is 0 Å². The molecule has 0 fully saturated rings. The topological polar surface area (TPSA) is 86.9 Å². The molecule has 8 nitrogen and oxygen atoms in total. The monoisotopic (exact) mass is 473 g/mol. The van der Waals surface area contributed by atoms with E-state index in [1.807, 2.05) is 13.8 Å². The first-order valence-corrected chi connectivity index (χ1v) is 11.0. The fourth-order valence-electron chi connectivity index (χ4n) is 3.43. The van der Waals surface area contributed by atoms with Crippen molar-refractivity contribution < 1.29 is 23.5 Å². The van der Waals surface area contributed by atoms with Crippen molar-refractivity contribution in [2.45, 2.75) is 32.7 Å². The van der Waals surface area contributed by atoms with Crippen LogP contribution in [0.2, 0.25) is 5.02 Å². The van der Waals surface area contributed by atoms with Crippen LogP contribution < -0.4 is 14.2 Å². The van der Waals surface area contributed by atoms with Gasteiger partial charge in [-0.1, -0.05) is 35.8 Å². The maximum absolute atomic E-state index is 13.2. The lowest BCUT2D eigenvalue weighted by Gasteiger charge is -2.28. The van der Waals surface area contributed by atoms with Gasteiger partial charge in [-0.15, -0.1) is 0 Å². The van der Waals surface area contributed by atoms with E-state index >= 15 is 0 Å². The van der Waals surface area contributed by atoms with Gasteiger partial charge in [-0.25, -0.2) is 0 Å². The Bertz CT molecular complexity index is 1080. The van der Waals surface area contributed by atoms with E-state index in [4.69, 9.17) is 30.3 Å². The molecule has 0 saturated heterocycles. The first-order valence-electron chi connectivity index (χ1n) is 10.6. The maximum Gasteiger partial charge on any atom is 0.255 e. The second-order valence-corrected chi connectivity index (χ2v) is 7.82. The third-order valence-electron chi connectivity index (χ3n) is 5.45. The Morgan fingerprint density at radius 3 is 2.36 bits per heavy atom. The van der Waals surface area contributed by atoms with Gasteiger partial charge in [-0.2, -0.15) is 4.98 Å². The molecule has 3 rings (SSSR count). The molecule has 176 valence electrons. The van der Waals surface area contributed by atoms with Gasteiger partial charge in [0.15, 0.2) is 11.5 Å². The lowest BCUT2D eigenvalue weighted by atomic mass is 10.1. The molecule has 1 unspecified atom stereocenters. The Balaban J connectivity index is 1.80. The number of methoxy groups -OCH3 is 3. The van der Waals surface area contributed by atoms with Gasteiger partial charge < -0.3 is 23.6 Å². The zero-order chi connectivity index (χ0) is 24.0. The average Bonchev–Trinajstić information content (AvgIpc) is 3.32. The van der Waals surface area contributed by atoms with Crippen molar-refractivity contribution in [3.63, 3.8) is 0 Å². The van der Waals surface area contributed by atoms with E-state index in [2.05, 4.69) is 10.1 Å². The second kappa shape index (κ2) is 11.0. The van der Waals surface area contributed by atoms with Gasteiger partial charge in [-0.05, 0) is 37.6 Å². The van der Waals surface area contributed by atoms with Crippen LogP contribution >= 0.6 is 11.6 Å². The number of amides is 1. The van der Waals surface area contributed by atoms with Crippen LogP contribution in [-0.2, 0) is 6.42 Å². The van der Waals surface area contributed by atoms with Crippen LogP contribution in [0.3, 0.4) is 0 Å². The standard InChI is InChI=1S/C24H28ClN3O5/c1-6-15(2)28(24(29)17-9-7-8-10-18(17)25)12-11-21-26-23(27-33-21)16-13-19(30-3)22(32-5)20(14-16)31-4/h7-10,13-15H,6,11-12H2,1-5H3. The van der Waals surface area contributed by atoms with Gasteiger partial charge in [0.25, 0.3) is 5.91 Å². The highest BCUT2D eigenvalue weighted by molar-refractivity contribution is 6.33. The van der Waals surface area contributed by atoms with Gasteiger partial charge in [0, 0.05) is 24.6 Å². The summed E-state index contributed by atoms with van der Waals surface area (Å²) in [5, 5.41) is 4.52. The molecule has 1 aromatic heterocycles. The van der Waals surface area contributed by atoms with Gasteiger partial charge in [0.05, 0.1) is 31.9 Å². The highest BCUT2D eigenvalue weighted by Gasteiger charge is 2.23. The maximum atomic E-state index is 13.2. The van der Waals surface area contributed by atoms with Crippen molar-refractivity contribution in [1.82, 2.24) is 15.0 Å². The Morgan fingerprint density at radius 1 is 1.12 bits per heavy atom. The van der Waals surface area contributed by atoms with Gasteiger partial charge in [0.2, 0.25) is 17.5 Å². The van der Waals surface area contributed by atoms with Crippen molar-refractivity contribution >= 4 is 17.5 Å². The summed E-state index contributed by atoms with van der Waals surface area (Å²) in [4.78, 5) is 19.4. The number of carbonyl (C=O) groups excluding carboxylic acids is 1. The summed E-state index contributed by atoms with van der Waals surface area (Å²) in [6.07, 6.45) is 1.20. The van der Waals surface area contributed by atoms with E-state index in [9.17, 15) is 4.79 Å². The predicted octanol–water partition coefficient (Wildman–Crippen LogP) is 4.90. The van der Waals surface area contributed by atoms with Crippen molar-refractivity contribution in [3.05, 3.63) is 52.9 Å². The predicted molar refractivity (Wildman–Crippen MR) is 125 cm³/mol. The molecule has 0 radical (unpaired) electrons. The molecular formula is C24H28ClN3O5. The van der Waals surface area contributed by atoms with E-state index < -0.39 is 0 Å². The number of aromatic nitrogens is 2. The molecule has 1 atom stereocenters. The molecule has 9 heteroatoms. The Morgan fingerprint density at radius 2 is 1.79 bits per heavy atom. The third kappa shape index (κ3) is 5.39. The van der Waals surface area contributed by atoms with Crippen LogP contribution in [0.1, 0.15) is 36.5 Å². The van der Waals surface area contributed by atoms with E-state index in [1.165, 1.54) is 0 Å². The first-order chi connectivity index (χ1) is 15.9. The summed E-state index contributed by atoms with van der Waals surface area (Å²) in [5.41, 5.74) is 1.13. The summed E-state index contributed by atoms with van der Waals surface area (Å²) in [6.45, 7) is 4.45. The van der Waals surface area contributed by atoms with E-state index in [-0.39, 0.29) is 11.9 Å². The minimum absolute atomic E-state index is 0.0197. The molecule has 0 spiro atoms. The minimum Gasteiger partial charge on any atom is -0.493 e. The number of nitrogens with zero attached hydrogens (tertiary/aromatic N) is 3.